The maximum atomic E-state index is 12.9. The summed E-state index contributed by atoms with van der Waals surface area (Å²) in [6.07, 6.45) is 5.06. The summed E-state index contributed by atoms with van der Waals surface area (Å²) < 4.78 is 2.86. The largest absolute Gasteiger partial charge is 0.337 e. The Morgan fingerprint density at radius 3 is 2.88 bits per heavy atom. The first-order chi connectivity index (χ1) is 12.1. The number of aryl methyl sites for hydroxylation is 1. The van der Waals surface area contributed by atoms with E-state index in [9.17, 15) is 9.59 Å². The lowest BCUT2D eigenvalue weighted by molar-refractivity contribution is 0.0636. The Bertz CT molecular complexity index is 910. The molecule has 1 aliphatic heterocycles. The summed E-state index contributed by atoms with van der Waals surface area (Å²) in [4.78, 5) is 32.3. The number of rotatable bonds is 3. The van der Waals surface area contributed by atoms with Crippen molar-refractivity contribution in [2.45, 2.75) is 12.8 Å². The van der Waals surface area contributed by atoms with Gasteiger partial charge in [-0.1, -0.05) is 18.2 Å². The van der Waals surface area contributed by atoms with Crippen molar-refractivity contribution in [3.8, 4) is 0 Å². The minimum absolute atomic E-state index is 0.0264. The standard InChI is InChI=1S/C19H19N3O2S/c1-21-10-8-20-18(21)17(23)14-6-4-9-22(12-14)19(24)16-11-13-5-2-3-7-15(13)25-16/h2-3,5,7-8,10-11,14H,4,6,9,12H2,1H3/t14-/m0/s1. The molecule has 0 radical (unpaired) electrons. The second-order valence-corrected chi connectivity index (χ2v) is 7.55. The fourth-order valence-corrected chi connectivity index (χ4v) is 4.43. The smallest absolute Gasteiger partial charge is 0.263 e. The average Bonchev–Trinajstić information content (AvgIpc) is 3.26. The molecule has 1 fully saturated rings. The van der Waals surface area contributed by atoms with Crippen LogP contribution in [0.3, 0.4) is 0 Å². The van der Waals surface area contributed by atoms with Crippen molar-refractivity contribution in [2.75, 3.05) is 13.1 Å². The predicted molar refractivity (Wildman–Crippen MR) is 98.0 cm³/mol. The summed E-state index contributed by atoms with van der Waals surface area (Å²) in [6, 6.07) is 9.96. The third kappa shape index (κ3) is 2.98. The van der Waals surface area contributed by atoms with E-state index in [1.165, 1.54) is 11.3 Å². The van der Waals surface area contributed by atoms with Crippen LogP contribution in [0.15, 0.2) is 42.7 Å². The maximum Gasteiger partial charge on any atom is 0.263 e. The monoisotopic (exact) mass is 353 g/mol. The molecule has 0 N–H and O–H groups in total. The molecule has 3 heterocycles. The van der Waals surface area contributed by atoms with Gasteiger partial charge < -0.3 is 9.47 Å². The fraction of sp³-hybridized carbons (Fsp3) is 0.316. The number of benzene rings is 1. The van der Waals surface area contributed by atoms with Gasteiger partial charge in [0.15, 0.2) is 5.82 Å². The SMILES string of the molecule is Cn1ccnc1C(=O)[C@H]1CCCN(C(=O)c2cc3ccccc3s2)C1. The van der Waals surface area contributed by atoms with Gasteiger partial charge in [0.25, 0.3) is 5.91 Å². The van der Waals surface area contributed by atoms with E-state index in [0.29, 0.717) is 18.9 Å². The molecular weight excluding hydrogens is 334 g/mol. The summed E-state index contributed by atoms with van der Waals surface area (Å²) >= 11 is 1.52. The number of piperidine rings is 1. The van der Waals surface area contributed by atoms with Crippen LogP contribution in [0.2, 0.25) is 0 Å². The van der Waals surface area contributed by atoms with Crippen LogP contribution in [0, 0.1) is 5.92 Å². The van der Waals surface area contributed by atoms with Gasteiger partial charge in [-0.05, 0) is 30.4 Å². The Balaban J connectivity index is 1.53. The van der Waals surface area contributed by atoms with Gasteiger partial charge in [-0.2, -0.15) is 0 Å². The number of likely N-dealkylation sites (tertiary alicyclic amines) is 1. The lowest BCUT2D eigenvalue weighted by atomic mass is 9.93. The lowest BCUT2D eigenvalue weighted by Gasteiger charge is -2.31. The molecule has 1 amide bonds. The third-order valence-corrected chi connectivity index (χ3v) is 5.86. The Morgan fingerprint density at radius 1 is 1.28 bits per heavy atom. The van der Waals surface area contributed by atoms with E-state index in [4.69, 9.17) is 0 Å². The first-order valence-electron chi connectivity index (χ1n) is 8.43. The molecule has 1 aromatic carbocycles. The zero-order chi connectivity index (χ0) is 17.4. The quantitative estimate of drug-likeness (QED) is 0.679. The number of thiophene rings is 1. The van der Waals surface area contributed by atoms with Crippen molar-refractivity contribution in [2.24, 2.45) is 13.0 Å². The van der Waals surface area contributed by atoms with Crippen molar-refractivity contribution in [3.05, 3.63) is 53.4 Å². The highest BCUT2D eigenvalue weighted by Crippen LogP contribution is 2.28. The van der Waals surface area contributed by atoms with Gasteiger partial charge in [0.05, 0.1) is 4.88 Å². The minimum Gasteiger partial charge on any atom is -0.337 e. The molecule has 0 spiro atoms. The van der Waals surface area contributed by atoms with Crippen LogP contribution in [-0.2, 0) is 7.05 Å². The highest BCUT2D eigenvalue weighted by Gasteiger charge is 2.31. The average molecular weight is 353 g/mol. The maximum absolute atomic E-state index is 12.9. The van der Waals surface area contributed by atoms with Crippen LogP contribution < -0.4 is 0 Å². The molecule has 128 valence electrons. The highest BCUT2D eigenvalue weighted by molar-refractivity contribution is 7.20. The van der Waals surface area contributed by atoms with Crippen molar-refractivity contribution in [1.29, 1.82) is 0 Å². The zero-order valence-corrected chi connectivity index (χ0v) is 14.8. The molecular formula is C19H19N3O2S. The number of carbonyl (C=O) groups is 2. The van der Waals surface area contributed by atoms with E-state index < -0.39 is 0 Å². The molecule has 1 aliphatic rings. The number of hydrogen-bond donors (Lipinski definition) is 0. The molecule has 1 saturated heterocycles. The second-order valence-electron chi connectivity index (χ2n) is 6.46. The van der Waals surface area contributed by atoms with Crippen LogP contribution >= 0.6 is 11.3 Å². The molecule has 0 unspecified atom stereocenters. The van der Waals surface area contributed by atoms with Gasteiger partial charge in [-0.3, -0.25) is 9.59 Å². The summed E-state index contributed by atoms with van der Waals surface area (Å²) in [5.74, 6) is 0.356. The van der Waals surface area contributed by atoms with E-state index in [2.05, 4.69) is 4.98 Å². The lowest BCUT2D eigenvalue weighted by Crippen LogP contribution is -2.42. The highest BCUT2D eigenvalue weighted by atomic mass is 32.1. The van der Waals surface area contributed by atoms with E-state index in [-0.39, 0.29) is 17.6 Å². The number of imidazole rings is 1. The molecule has 1 atom stereocenters. The summed E-state index contributed by atoms with van der Waals surface area (Å²) in [6.45, 7) is 1.18. The van der Waals surface area contributed by atoms with Crippen LogP contribution in [0.25, 0.3) is 10.1 Å². The van der Waals surface area contributed by atoms with Crippen molar-refractivity contribution in [1.82, 2.24) is 14.5 Å². The zero-order valence-electron chi connectivity index (χ0n) is 14.0. The van der Waals surface area contributed by atoms with Crippen molar-refractivity contribution >= 4 is 33.1 Å². The van der Waals surface area contributed by atoms with Crippen molar-refractivity contribution in [3.63, 3.8) is 0 Å². The number of amides is 1. The van der Waals surface area contributed by atoms with Gasteiger partial charge in [0, 0.05) is 43.1 Å². The number of Topliss-reactive ketones (excluding diaryl/α,β-unsaturated/α-hetero) is 1. The molecule has 0 saturated carbocycles. The van der Waals surface area contributed by atoms with Gasteiger partial charge in [-0.15, -0.1) is 11.3 Å². The Morgan fingerprint density at radius 2 is 2.12 bits per heavy atom. The normalized spacial score (nSPS) is 17.8. The number of ketones is 1. The molecule has 25 heavy (non-hydrogen) atoms. The van der Waals surface area contributed by atoms with Gasteiger partial charge >= 0.3 is 0 Å². The summed E-state index contributed by atoms with van der Waals surface area (Å²) in [5.41, 5.74) is 0. The molecule has 5 nitrogen and oxygen atoms in total. The third-order valence-electron chi connectivity index (χ3n) is 4.76. The van der Waals surface area contributed by atoms with Gasteiger partial charge in [-0.25, -0.2) is 4.98 Å². The summed E-state index contributed by atoms with van der Waals surface area (Å²) in [7, 11) is 1.82. The number of aromatic nitrogens is 2. The minimum atomic E-state index is -0.173. The molecule has 0 bridgehead atoms. The Labute approximate surface area is 149 Å². The van der Waals surface area contributed by atoms with Crippen LogP contribution in [0.5, 0.6) is 0 Å². The topological polar surface area (TPSA) is 55.2 Å². The Kier molecular flexibility index (Phi) is 4.13. The first kappa shape index (κ1) is 16.0. The summed E-state index contributed by atoms with van der Waals surface area (Å²) in [5, 5.41) is 1.09. The first-order valence-corrected chi connectivity index (χ1v) is 9.24. The molecule has 0 aliphatic carbocycles. The molecule has 6 heteroatoms. The van der Waals surface area contributed by atoms with E-state index in [1.54, 1.807) is 17.0 Å². The number of carbonyl (C=O) groups excluding carboxylic acids is 2. The number of fused-ring (bicyclic) bond motifs is 1. The second kappa shape index (κ2) is 6.44. The predicted octanol–water partition coefficient (Wildman–Crippen LogP) is 3.37. The molecule has 2 aromatic heterocycles. The molecule has 3 aromatic rings. The van der Waals surface area contributed by atoms with Gasteiger partial charge in [0.1, 0.15) is 0 Å². The van der Waals surface area contributed by atoms with E-state index in [0.717, 1.165) is 27.8 Å². The van der Waals surface area contributed by atoms with Crippen LogP contribution in [0.1, 0.15) is 33.1 Å². The van der Waals surface area contributed by atoms with E-state index >= 15 is 0 Å². The van der Waals surface area contributed by atoms with E-state index in [1.807, 2.05) is 42.3 Å². The number of nitrogens with zero attached hydrogens (tertiary/aromatic N) is 3. The van der Waals surface area contributed by atoms with Crippen molar-refractivity contribution < 1.29 is 9.59 Å². The number of hydrogen-bond acceptors (Lipinski definition) is 4. The fourth-order valence-electron chi connectivity index (χ4n) is 3.40. The van der Waals surface area contributed by atoms with Gasteiger partial charge in [0.2, 0.25) is 5.78 Å². The Hall–Kier alpha value is -2.47. The van der Waals surface area contributed by atoms with Crippen LogP contribution in [-0.4, -0.2) is 39.2 Å². The van der Waals surface area contributed by atoms with Crippen LogP contribution in [0.4, 0.5) is 0 Å². The molecule has 4 rings (SSSR count).